The molecule has 3 aromatic heterocycles. The van der Waals surface area contributed by atoms with Crippen molar-refractivity contribution in [3.8, 4) is 17.1 Å². The highest BCUT2D eigenvalue weighted by atomic mass is 32.2. The molecule has 0 aliphatic rings. The summed E-state index contributed by atoms with van der Waals surface area (Å²) in [5.74, 6) is -5.20. The van der Waals surface area contributed by atoms with Crippen molar-refractivity contribution in [1.29, 1.82) is 0 Å². The minimum absolute atomic E-state index is 0.229. The lowest BCUT2D eigenvalue weighted by Crippen LogP contribution is -2.41. The van der Waals surface area contributed by atoms with Crippen LogP contribution in [-0.4, -0.2) is 74.2 Å². The molecule has 0 saturated heterocycles. The summed E-state index contributed by atoms with van der Waals surface area (Å²) in [5, 5.41) is 12.4. The first-order valence-corrected chi connectivity index (χ1v) is 10.1. The summed E-state index contributed by atoms with van der Waals surface area (Å²) in [6.45, 7) is -0.0308. The number of hydrogen-bond acceptors (Lipinski definition) is 7. The van der Waals surface area contributed by atoms with Crippen LogP contribution in [0.3, 0.4) is 0 Å². The fourth-order valence-corrected chi connectivity index (χ4v) is 3.31. The number of carbonyl (C=O) groups is 1. The molecule has 0 radical (unpaired) electrons. The van der Waals surface area contributed by atoms with Gasteiger partial charge in [-0.25, -0.2) is 9.50 Å². The molecule has 14 heteroatoms. The van der Waals surface area contributed by atoms with Crippen LogP contribution in [0.4, 0.5) is 22.0 Å². The van der Waals surface area contributed by atoms with Crippen LogP contribution < -0.4 is 4.74 Å². The van der Waals surface area contributed by atoms with Gasteiger partial charge in [-0.15, -0.1) is 22.0 Å². The predicted molar refractivity (Wildman–Crippen MR) is 105 cm³/mol. The van der Waals surface area contributed by atoms with Crippen molar-refractivity contribution in [1.82, 2.24) is 29.7 Å². The van der Waals surface area contributed by atoms with Gasteiger partial charge in [-0.1, -0.05) is 6.92 Å². The van der Waals surface area contributed by atoms with Crippen molar-refractivity contribution in [2.45, 2.75) is 24.0 Å². The molecule has 1 amide bonds. The number of nitrogens with zero attached hydrogens (tertiary/aromatic N) is 6. The number of rotatable bonds is 7. The van der Waals surface area contributed by atoms with Gasteiger partial charge in [0.15, 0.2) is 12.3 Å². The van der Waals surface area contributed by atoms with Crippen LogP contribution in [-0.2, 0) is 0 Å². The molecular formula is C18H17F5N6O2S. The summed E-state index contributed by atoms with van der Waals surface area (Å²) in [7, 11) is 3.18. The molecule has 0 unspecified atom stereocenters. The summed E-state index contributed by atoms with van der Waals surface area (Å²) >= 11 is 1.35. The van der Waals surface area contributed by atoms with Crippen LogP contribution in [0.5, 0.6) is 5.88 Å². The van der Waals surface area contributed by atoms with E-state index in [4.69, 9.17) is 0 Å². The van der Waals surface area contributed by atoms with Gasteiger partial charge < -0.3 is 9.64 Å². The first-order valence-electron chi connectivity index (χ1n) is 9.10. The van der Waals surface area contributed by atoms with E-state index in [-0.39, 0.29) is 17.3 Å². The van der Waals surface area contributed by atoms with Crippen LogP contribution in [0.15, 0.2) is 29.4 Å². The predicted octanol–water partition coefficient (Wildman–Crippen LogP) is 3.58. The monoisotopic (exact) mass is 476 g/mol. The number of hydrogen-bond donors (Lipinski definition) is 0. The SMILES string of the molecule is CCSc1nn2c(C(=O)N(C)C)ccnc2c1-c1ccc(OCC(F)(F)C(F)(F)F)nn1. The third-order valence-electron chi connectivity index (χ3n) is 4.10. The van der Waals surface area contributed by atoms with Crippen molar-refractivity contribution in [3.05, 3.63) is 30.1 Å². The van der Waals surface area contributed by atoms with Crippen molar-refractivity contribution in [2.75, 3.05) is 26.5 Å². The Labute approximate surface area is 182 Å². The van der Waals surface area contributed by atoms with E-state index in [1.807, 2.05) is 6.92 Å². The van der Waals surface area contributed by atoms with Gasteiger partial charge in [-0.2, -0.15) is 27.1 Å². The summed E-state index contributed by atoms with van der Waals surface area (Å²) < 4.78 is 68.8. The Morgan fingerprint density at radius 1 is 1.16 bits per heavy atom. The molecule has 0 spiro atoms. The second-order valence-corrected chi connectivity index (χ2v) is 7.88. The summed E-state index contributed by atoms with van der Waals surface area (Å²) in [6.07, 6.45) is -4.31. The van der Waals surface area contributed by atoms with Gasteiger partial charge in [0.1, 0.15) is 10.7 Å². The quantitative estimate of drug-likeness (QED) is 0.381. The van der Waals surface area contributed by atoms with Gasteiger partial charge in [0.05, 0.1) is 11.3 Å². The van der Waals surface area contributed by atoms with E-state index in [0.29, 0.717) is 22.0 Å². The van der Waals surface area contributed by atoms with Crippen LogP contribution >= 0.6 is 11.8 Å². The van der Waals surface area contributed by atoms with Gasteiger partial charge in [-0.3, -0.25) is 4.79 Å². The fraction of sp³-hybridized carbons (Fsp3) is 0.389. The average Bonchev–Trinajstić information content (AvgIpc) is 3.09. The normalized spacial score (nSPS) is 12.2. The zero-order valence-corrected chi connectivity index (χ0v) is 17.8. The van der Waals surface area contributed by atoms with E-state index in [0.717, 1.165) is 6.07 Å². The van der Waals surface area contributed by atoms with Crippen LogP contribution in [0.1, 0.15) is 17.4 Å². The van der Waals surface area contributed by atoms with Crippen LogP contribution in [0.25, 0.3) is 16.9 Å². The zero-order valence-electron chi connectivity index (χ0n) is 17.0. The molecule has 0 bridgehead atoms. The molecule has 8 nitrogen and oxygen atoms in total. The van der Waals surface area contributed by atoms with E-state index in [1.165, 1.54) is 39.5 Å². The molecule has 3 heterocycles. The molecule has 0 aromatic carbocycles. The number of halogens is 5. The largest absolute Gasteiger partial charge is 0.470 e. The number of amides is 1. The number of ether oxygens (including phenoxy) is 1. The summed E-state index contributed by atoms with van der Waals surface area (Å²) in [6, 6.07) is 3.97. The number of alkyl halides is 5. The lowest BCUT2D eigenvalue weighted by atomic mass is 10.2. The second-order valence-electron chi connectivity index (χ2n) is 6.63. The molecule has 0 aliphatic carbocycles. The second kappa shape index (κ2) is 8.84. The van der Waals surface area contributed by atoms with Gasteiger partial charge in [0.2, 0.25) is 5.88 Å². The molecule has 172 valence electrons. The van der Waals surface area contributed by atoms with Crippen molar-refractivity contribution < 1.29 is 31.5 Å². The highest BCUT2D eigenvalue weighted by Gasteiger charge is 2.58. The molecular weight excluding hydrogens is 459 g/mol. The molecule has 0 fully saturated rings. The lowest BCUT2D eigenvalue weighted by Gasteiger charge is -2.19. The van der Waals surface area contributed by atoms with Crippen LogP contribution in [0.2, 0.25) is 0 Å². The third kappa shape index (κ3) is 4.59. The topological polar surface area (TPSA) is 85.5 Å². The van der Waals surface area contributed by atoms with Crippen molar-refractivity contribution in [3.63, 3.8) is 0 Å². The summed E-state index contributed by atoms with van der Waals surface area (Å²) in [5.41, 5.74) is 1.23. The lowest BCUT2D eigenvalue weighted by molar-refractivity contribution is -0.290. The fourth-order valence-electron chi connectivity index (χ4n) is 2.56. The zero-order chi connectivity index (χ0) is 23.7. The van der Waals surface area contributed by atoms with E-state index in [1.54, 1.807) is 14.1 Å². The minimum Gasteiger partial charge on any atom is -0.470 e. The molecule has 0 aliphatic heterocycles. The number of thioether (sulfide) groups is 1. The van der Waals surface area contributed by atoms with Gasteiger partial charge in [-0.05, 0) is 17.9 Å². The Morgan fingerprint density at radius 3 is 2.44 bits per heavy atom. The molecule has 0 saturated carbocycles. The Bertz CT molecular complexity index is 1120. The highest BCUT2D eigenvalue weighted by molar-refractivity contribution is 7.99. The Morgan fingerprint density at radius 2 is 1.88 bits per heavy atom. The van der Waals surface area contributed by atoms with E-state index in [9.17, 15) is 26.7 Å². The van der Waals surface area contributed by atoms with Gasteiger partial charge in [0.25, 0.3) is 5.91 Å². The van der Waals surface area contributed by atoms with E-state index in [2.05, 4.69) is 25.0 Å². The van der Waals surface area contributed by atoms with E-state index < -0.39 is 24.6 Å². The molecule has 3 aromatic rings. The summed E-state index contributed by atoms with van der Waals surface area (Å²) in [4.78, 5) is 18.1. The Balaban J connectivity index is 1.97. The van der Waals surface area contributed by atoms with Crippen molar-refractivity contribution >= 4 is 23.3 Å². The number of carbonyl (C=O) groups excluding carboxylic acids is 1. The minimum atomic E-state index is -5.74. The third-order valence-corrected chi connectivity index (χ3v) is 4.95. The first kappa shape index (κ1) is 23.6. The maximum atomic E-state index is 13.0. The number of aromatic nitrogens is 5. The van der Waals surface area contributed by atoms with Crippen LogP contribution in [0, 0.1) is 0 Å². The molecule has 32 heavy (non-hydrogen) atoms. The van der Waals surface area contributed by atoms with Gasteiger partial charge >= 0.3 is 12.1 Å². The van der Waals surface area contributed by atoms with Gasteiger partial charge in [0, 0.05) is 26.4 Å². The van der Waals surface area contributed by atoms with Crippen molar-refractivity contribution in [2.24, 2.45) is 0 Å². The first-order chi connectivity index (χ1) is 15.0. The average molecular weight is 476 g/mol. The maximum Gasteiger partial charge on any atom is 0.456 e. The highest BCUT2D eigenvalue weighted by Crippen LogP contribution is 2.36. The standard InChI is InChI=1S/C18H17F5N6O2S/c1-4-32-15-13(14-24-8-7-11(29(14)27-15)16(30)28(2)3)10-5-6-12(26-25-10)31-9-17(19,20)18(21,22)23/h5-8H,4,9H2,1-3H3. The molecule has 0 atom stereocenters. The smallest absolute Gasteiger partial charge is 0.456 e. The maximum absolute atomic E-state index is 13.0. The number of fused-ring (bicyclic) bond motifs is 1. The molecule has 3 rings (SSSR count). The Kier molecular flexibility index (Phi) is 6.53. The Hall–Kier alpha value is -3.03. The van der Waals surface area contributed by atoms with E-state index >= 15 is 0 Å². The molecule has 0 N–H and O–H groups in total.